The van der Waals surface area contributed by atoms with Crippen LogP contribution < -0.4 is 5.32 Å². The molecule has 0 radical (unpaired) electrons. The quantitative estimate of drug-likeness (QED) is 0.813. The van der Waals surface area contributed by atoms with Gasteiger partial charge < -0.3 is 15.3 Å². The molecule has 1 aromatic carbocycles. The Hall–Kier alpha value is -2.34. The zero-order valence-corrected chi connectivity index (χ0v) is 12.3. The minimum Gasteiger partial charge on any atom is -0.396 e. The third-order valence-electron chi connectivity index (χ3n) is 4.01. The first-order chi connectivity index (χ1) is 10.8. The fraction of sp³-hybridized carbons (Fsp3) is 0.375. The van der Waals surface area contributed by atoms with Gasteiger partial charge in [-0.05, 0) is 42.5 Å². The minimum atomic E-state index is -0.104. The van der Waals surface area contributed by atoms with Gasteiger partial charge >= 0.3 is 6.03 Å². The molecule has 1 aliphatic rings. The number of piperidine rings is 1. The topological polar surface area (TPSA) is 81.2 Å². The molecule has 116 valence electrons. The van der Waals surface area contributed by atoms with Crippen LogP contribution in [0.1, 0.15) is 12.8 Å². The van der Waals surface area contributed by atoms with Crippen LogP contribution in [0.25, 0.3) is 11.3 Å². The summed E-state index contributed by atoms with van der Waals surface area (Å²) < 4.78 is 0. The maximum atomic E-state index is 12.3. The van der Waals surface area contributed by atoms with Gasteiger partial charge in [0.1, 0.15) is 0 Å². The van der Waals surface area contributed by atoms with E-state index in [2.05, 4.69) is 15.5 Å². The van der Waals surface area contributed by atoms with E-state index in [4.69, 9.17) is 0 Å². The van der Waals surface area contributed by atoms with Crippen molar-refractivity contribution < 1.29 is 9.90 Å². The standard InChI is InChI=1S/C16H20N4O2/c21-11-12-2-1-9-20(10-12)16(22)18-14-5-3-13(4-6-14)15-7-8-17-19-15/h3-8,12,21H,1-2,9-11H2,(H,17,19)(H,18,22). The van der Waals surface area contributed by atoms with E-state index in [1.165, 1.54) is 0 Å². The monoisotopic (exact) mass is 300 g/mol. The lowest BCUT2D eigenvalue weighted by atomic mass is 9.99. The molecule has 6 heteroatoms. The van der Waals surface area contributed by atoms with Gasteiger partial charge in [-0.25, -0.2) is 4.79 Å². The average Bonchev–Trinajstić information content (AvgIpc) is 3.10. The number of hydrogen-bond donors (Lipinski definition) is 3. The van der Waals surface area contributed by atoms with Crippen molar-refractivity contribution in [1.82, 2.24) is 15.1 Å². The number of benzene rings is 1. The van der Waals surface area contributed by atoms with Crippen LogP contribution in [0, 0.1) is 5.92 Å². The fourth-order valence-electron chi connectivity index (χ4n) is 2.75. The molecule has 0 bridgehead atoms. The molecule has 2 aromatic rings. The van der Waals surface area contributed by atoms with E-state index >= 15 is 0 Å². The SMILES string of the molecule is O=C(Nc1ccc(-c2ccn[nH]2)cc1)N1CCCC(CO)C1. The van der Waals surface area contributed by atoms with E-state index in [1.54, 1.807) is 11.1 Å². The van der Waals surface area contributed by atoms with Crippen molar-refractivity contribution in [2.45, 2.75) is 12.8 Å². The van der Waals surface area contributed by atoms with E-state index in [0.717, 1.165) is 36.3 Å². The van der Waals surface area contributed by atoms with Crippen LogP contribution >= 0.6 is 0 Å². The molecule has 1 aliphatic heterocycles. The second-order valence-electron chi connectivity index (χ2n) is 5.61. The summed E-state index contributed by atoms with van der Waals surface area (Å²) in [5.74, 6) is 0.197. The van der Waals surface area contributed by atoms with E-state index < -0.39 is 0 Å². The molecule has 2 amide bonds. The summed E-state index contributed by atoms with van der Waals surface area (Å²) in [7, 11) is 0. The van der Waals surface area contributed by atoms with Crippen molar-refractivity contribution in [3.8, 4) is 11.3 Å². The van der Waals surface area contributed by atoms with Crippen molar-refractivity contribution in [3.63, 3.8) is 0 Å². The number of urea groups is 1. The number of nitrogens with zero attached hydrogens (tertiary/aromatic N) is 2. The Labute approximate surface area is 129 Å². The van der Waals surface area contributed by atoms with E-state index in [1.807, 2.05) is 30.3 Å². The summed E-state index contributed by atoms with van der Waals surface area (Å²) >= 11 is 0. The Morgan fingerprint density at radius 2 is 2.18 bits per heavy atom. The predicted molar refractivity (Wildman–Crippen MR) is 84.4 cm³/mol. The predicted octanol–water partition coefficient (Wildman–Crippen LogP) is 2.31. The number of nitrogens with one attached hydrogen (secondary N) is 2. The number of carbonyl (C=O) groups excluding carboxylic acids is 1. The molecule has 22 heavy (non-hydrogen) atoms. The number of aliphatic hydroxyl groups excluding tert-OH is 1. The molecular weight excluding hydrogens is 280 g/mol. The number of carbonyl (C=O) groups is 1. The van der Waals surface area contributed by atoms with Crippen molar-refractivity contribution in [2.75, 3.05) is 25.0 Å². The van der Waals surface area contributed by atoms with Crippen LogP contribution in [-0.2, 0) is 0 Å². The van der Waals surface area contributed by atoms with Crippen LogP contribution in [-0.4, -0.2) is 45.9 Å². The Balaban J connectivity index is 1.62. The molecule has 3 rings (SSSR count). The maximum Gasteiger partial charge on any atom is 0.321 e. The van der Waals surface area contributed by atoms with Gasteiger partial charge in [-0.1, -0.05) is 12.1 Å². The fourth-order valence-corrected chi connectivity index (χ4v) is 2.75. The summed E-state index contributed by atoms with van der Waals surface area (Å²) in [4.78, 5) is 14.0. The van der Waals surface area contributed by atoms with Crippen molar-refractivity contribution in [3.05, 3.63) is 36.5 Å². The van der Waals surface area contributed by atoms with Gasteiger partial charge in [0.25, 0.3) is 0 Å². The number of hydrogen-bond acceptors (Lipinski definition) is 3. The van der Waals surface area contributed by atoms with Crippen LogP contribution in [0.4, 0.5) is 10.5 Å². The largest absolute Gasteiger partial charge is 0.396 e. The maximum absolute atomic E-state index is 12.3. The molecule has 0 saturated carbocycles. The van der Waals surface area contributed by atoms with E-state index in [0.29, 0.717) is 6.54 Å². The van der Waals surface area contributed by atoms with E-state index in [9.17, 15) is 9.90 Å². The number of anilines is 1. The van der Waals surface area contributed by atoms with Crippen molar-refractivity contribution >= 4 is 11.7 Å². The van der Waals surface area contributed by atoms with Gasteiger partial charge in [-0.15, -0.1) is 0 Å². The van der Waals surface area contributed by atoms with Crippen LogP contribution in [0.2, 0.25) is 0 Å². The van der Waals surface area contributed by atoms with Crippen LogP contribution in [0.5, 0.6) is 0 Å². The summed E-state index contributed by atoms with van der Waals surface area (Å²) in [5.41, 5.74) is 2.73. The highest BCUT2D eigenvalue weighted by Gasteiger charge is 2.23. The summed E-state index contributed by atoms with van der Waals surface area (Å²) in [6.45, 7) is 1.51. The Morgan fingerprint density at radius 3 is 2.86 bits per heavy atom. The first-order valence-corrected chi connectivity index (χ1v) is 7.53. The molecular formula is C16H20N4O2. The number of aliphatic hydroxyl groups is 1. The lowest BCUT2D eigenvalue weighted by Crippen LogP contribution is -2.43. The molecule has 0 aliphatic carbocycles. The number of amides is 2. The third-order valence-corrected chi connectivity index (χ3v) is 4.01. The number of aromatic amines is 1. The third kappa shape index (κ3) is 3.28. The zero-order chi connectivity index (χ0) is 15.4. The molecule has 1 unspecified atom stereocenters. The number of aromatic nitrogens is 2. The second kappa shape index (κ2) is 6.62. The van der Waals surface area contributed by atoms with Crippen molar-refractivity contribution in [1.29, 1.82) is 0 Å². The van der Waals surface area contributed by atoms with E-state index in [-0.39, 0.29) is 18.6 Å². The van der Waals surface area contributed by atoms with Gasteiger partial charge in [0, 0.05) is 31.6 Å². The normalized spacial score (nSPS) is 18.2. The first-order valence-electron chi connectivity index (χ1n) is 7.53. The minimum absolute atomic E-state index is 0.104. The molecule has 1 atom stereocenters. The number of H-pyrrole nitrogens is 1. The van der Waals surface area contributed by atoms with Gasteiger partial charge in [0.2, 0.25) is 0 Å². The highest BCUT2D eigenvalue weighted by atomic mass is 16.3. The van der Waals surface area contributed by atoms with Crippen LogP contribution in [0.3, 0.4) is 0 Å². The second-order valence-corrected chi connectivity index (χ2v) is 5.61. The Morgan fingerprint density at radius 1 is 1.36 bits per heavy atom. The Kier molecular flexibility index (Phi) is 4.39. The lowest BCUT2D eigenvalue weighted by molar-refractivity contribution is 0.136. The molecule has 3 N–H and O–H groups in total. The number of rotatable bonds is 3. The summed E-state index contributed by atoms with van der Waals surface area (Å²) in [5, 5.41) is 19.0. The molecule has 1 saturated heterocycles. The Bertz CT molecular complexity index is 610. The zero-order valence-electron chi connectivity index (χ0n) is 12.3. The molecule has 6 nitrogen and oxygen atoms in total. The van der Waals surface area contributed by atoms with Gasteiger partial charge in [0.05, 0.1) is 5.69 Å². The molecule has 2 heterocycles. The smallest absolute Gasteiger partial charge is 0.321 e. The van der Waals surface area contributed by atoms with Gasteiger partial charge in [-0.3, -0.25) is 5.10 Å². The van der Waals surface area contributed by atoms with Crippen LogP contribution in [0.15, 0.2) is 36.5 Å². The van der Waals surface area contributed by atoms with Gasteiger partial charge in [0.15, 0.2) is 0 Å². The summed E-state index contributed by atoms with van der Waals surface area (Å²) in [6, 6.07) is 9.43. The molecule has 0 spiro atoms. The summed E-state index contributed by atoms with van der Waals surface area (Å²) in [6.07, 6.45) is 3.63. The molecule has 1 fully saturated rings. The highest BCUT2D eigenvalue weighted by Crippen LogP contribution is 2.20. The lowest BCUT2D eigenvalue weighted by Gasteiger charge is -2.31. The van der Waals surface area contributed by atoms with Gasteiger partial charge in [-0.2, -0.15) is 5.10 Å². The van der Waals surface area contributed by atoms with Crippen molar-refractivity contribution in [2.24, 2.45) is 5.92 Å². The first kappa shape index (κ1) is 14.6. The molecule has 1 aromatic heterocycles. The highest BCUT2D eigenvalue weighted by molar-refractivity contribution is 5.89. The average molecular weight is 300 g/mol. The number of likely N-dealkylation sites (tertiary alicyclic amines) is 1.